The molecule has 1 aromatic carbocycles. The number of carbonyl (C=O) groups excluding carboxylic acids is 1. The lowest BCUT2D eigenvalue weighted by molar-refractivity contribution is -0.120. The molecule has 5 rings (SSSR count). The Morgan fingerprint density at radius 3 is 2.67 bits per heavy atom. The van der Waals surface area contributed by atoms with Crippen LogP contribution >= 0.6 is 23.4 Å². The number of rotatable bonds is 7. The molecule has 0 radical (unpaired) electrons. The van der Waals surface area contributed by atoms with Crippen LogP contribution in [-0.2, 0) is 4.79 Å². The molecule has 1 atom stereocenters. The van der Waals surface area contributed by atoms with Gasteiger partial charge in [0.1, 0.15) is 11.9 Å². The molecular formula is C25H27ClN4O2S. The summed E-state index contributed by atoms with van der Waals surface area (Å²) in [7, 11) is 0. The highest BCUT2D eigenvalue weighted by molar-refractivity contribution is 8.00. The van der Waals surface area contributed by atoms with Gasteiger partial charge in [-0.05, 0) is 55.5 Å². The Kier molecular flexibility index (Phi) is 6.69. The molecule has 3 aromatic rings. The second-order valence-electron chi connectivity index (χ2n) is 9.06. The summed E-state index contributed by atoms with van der Waals surface area (Å²) in [5.41, 5.74) is 0.501. The van der Waals surface area contributed by atoms with E-state index in [9.17, 15) is 9.59 Å². The third kappa shape index (κ3) is 5.41. The van der Waals surface area contributed by atoms with Gasteiger partial charge in [0.2, 0.25) is 5.91 Å². The van der Waals surface area contributed by atoms with Crippen LogP contribution in [0.25, 0.3) is 10.9 Å². The topological polar surface area (TPSA) is 76.9 Å². The summed E-state index contributed by atoms with van der Waals surface area (Å²) in [6.07, 6.45) is 11.9. The monoisotopic (exact) mass is 482 g/mol. The molecule has 8 heteroatoms. The van der Waals surface area contributed by atoms with Gasteiger partial charge >= 0.3 is 0 Å². The lowest BCUT2D eigenvalue weighted by Gasteiger charge is -2.27. The predicted molar refractivity (Wildman–Crippen MR) is 133 cm³/mol. The molecule has 172 valence electrons. The van der Waals surface area contributed by atoms with Crippen molar-refractivity contribution in [2.24, 2.45) is 5.92 Å². The molecule has 0 spiro atoms. The van der Waals surface area contributed by atoms with Gasteiger partial charge in [-0.2, -0.15) is 0 Å². The molecule has 0 bridgehead atoms. The number of hydrogen-bond acceptors (Lipinski definition) is 5. The van der Waals surface area contributed by atoms with Gasteiger partial charge in [-0.25, -0.2) is 9.97 Å². The smallest absolute Gasteiger partial charge is 0.261 e. The molecule has 1 unspecified atom stereocenters. The summed E-state index contributed by atoms with van der Waals surface area (Å²) < 4.78 is 1.51. The van der Waals surface area contributed by atoms with Crippen molar-refractivity contribution in [1.82, 2.24) is 14.5 Å². The number of halogens is 1. The van der Waals surface area contributed by atoms with E-state index in [2.05, 4.69) is 15.3 Å². The zero-order valence-corrected chi connectivity index (χ0v) is 19.9. The average Bonchev–Trinajstić information content (AvgIpc) is 3.64. The number of hydrogen-bond donors (Lipinski definition) is 1. The summed E-state index contributed by atoms with van der Waals surface area (Å²) >= 11 is 7.77. The standard InChI is InChI=1S/C25H27ClN4O2S/c26-17-6-11-23(27-14-17)29-24(31)22(12-16-4-2-1-3-5-16)30-15-28-21-13-19(33-18-7-8-18)9-10-20(21)25(30)32/h6,9-11,13-16,18,22H,1-5,7-8,12H2,(H,27,29,31). The average molecular weight is 483 g/mol. The molecule has 1 amide bonds. The fourth-order valence-corrected chi connectivity index (χ4v) is 5.73. The molecule has 33 heavy (non-hydrogen) atoms. The van der Waals surface area contributed by atoms with Gasteiger partial charge in [-0.1, -0.05) is 43.7 Å². The molecular weight excluding hydrogens is 456 g/mol. The van der Waals surface area contributed by atoms with Crippen LogP contribution in [0, 0.1) is 5.92 Å². The van der Waals surface area contributed by atoms with Crippen LogP contribution < -0.4 is 10.9 Å². The maximum atomic E-state index is 13.5. The number of pyridine rings is 1. The van der Waals surface area contributed by atoms with Crippen molar-refractivity contribution in [3.63, 3.8) is 0 Å². The Morgan fingerprint density at radius 2 is 1.94 bits per heavy atom. The molecule has 2 heterocycles. The van der Waals surface area contributed by atoms with Crippen molar-refractivity contribution >= 4 is 46.0 Å². The highest BCUT2D eigenvalue weighted by atomic mass is 35.5. The Hall–Kier alpha value is -2.38. The summed E-state index contributed by atoms with van der Waals surface area (Å²) in [6, 6.07) is 8.53. The first-order valence-electron chi connectivity index (χ1n) is 11.7. The number of thioether (sulfide) groups is 1. The van der Waals surface area contributed by atoms with Crippen molar-refractivity contribution in [2.45, 2.75) is 67.6 Å². The van der Waals surface area contributed by atoms with Crippen molar-refractivity contribution in [2.75, 3.05) is 5.32 Å². The first kappa shape index (κ1) is 22.4. The SMILES string of the molecule is O=C(Nc1ccc(Cl)cn1)C(CC1CCCCC1)n1cnc2cc(SC3CC3)ccc2c1=O. The number of carbonyl (C=O) groups is 1. The number of nitrogens with zero attached hydrogens (tertiary/aromatic N) is 3. The number of anilines is 1. The first-order valence-corrected chi connectivity index (χ1v) is 12.9. The van der Waals surface area contributed by atoms with Gasteiger partial charge in [0.25, 0.3) is 5.56 Å². The van der Waals surface area contributed by atoms with Crippen LogP contribution in [0.15, 0.2) is 52.5 Å². The van der Waals surface area contributed by atoms with Crippen LogP contribution in [0.4, 0.5) is 5.82 Å². The molecule has 2 aliphatic carbocycles. The highest BCUT2D eigenvalue weighted by Gasteiger charge is 2.28. The van der Waals surface area contributed by atoms with Crippen molar-refractivity contribution < 1.29 is 4.79 Å². The lowest BCUT2D eigenvalue weighted by Crippen LogP contribution is -2.35. The molecule has 6 nitrogen and oxygen atoms in total. The summed E-state index contributed by atoms with van der Waals surface area (Å²) in [5, 5.41) is 4.60. The fourth-order valence-electron chi connectivity index (χ4n) is 4.53. The Morgan fingerprint density at radius 1 is 1.12 bits per heavy atom. The van der Waals surface area contributed by atoms with Crippen LogP contribution in [0.2, 0.25) is 5.02 Å². The van der Waals surface area contributed by atoms with Crippen LogP contribution in [0.5, 0.6) is 0 Å². The summed E-state index contributed by atoms with van der Waals surface area (Å²) in [6.45, 7) is 0. The normalized spacial score (nSPS) is 17.7. The van der Waals surface area contributed by atoms with Crippen LogP contribution in [0.1, 0.15) is 57.4 Å². The summed E-state index contributed by atoms with van der Waals surface area (Å²) in [4.78, 5) is 36.7. The number of aromatic nitrogens is 3. The second-order valence-corrected chi connectivity index (χ2v) is 10.9. The van der Waals surface area contributed by atoms with Crippen LogP contribution in [0.3, 0.4) is 0 Å². The van der Waals surface area contributed by atoms with E-state index < -0.39 is 6.04 Å². The maximum absolute atomic E-state index is 13.5. The van der Waals surface area contributed by atoms with E-state index in [-0.39, 0.29) is 11.5 Å². The number of benzene rings is 1. The van der Waals surface area contributed by atoms with E-state index in [4.69, 9.17) is 11.6 Å². The first-order chi connectivity index (χ1) is 16.1. The van der Waals surface area contributed by atoms with E-state index >= 15 is 0 Å². The van der Waals surface area contributed by atoms with E-state index in [1.807, 2.05) is 30.0 Å². The maximum Gasteiger partial charge on any atom is 0.261 e. The van der Waals surface area contributed by atoms with Gasteiger partial charge < -0.3 is 5.32 Å². The van der Waals surface area contributed by atoms with Gasteiger partial charge in [0, 0.05) is 16.3 Å². The van der Waals surface area contributed by atoms with Gasteiger partial charge in [0.05, 0.1) is 22.3 Å². The summed E-state index contributed by atoms with van der Waals surface area (Å²) in [5.74, 6) is 0.578. The Labute approximate surface area is 202 Å². The van der Waals surface area contributed by atoms with Gasteiger partial charge in [-0.15, -0.1) is 11.8 Å². The van der Waals surface area contributed by atoms with Crippen LogP contribution in [-0.4, -0.2) is 25.7 Å². The largest absolute Gasteiger partial charge is 0.309 e. The minimum atomic E-state index is -0.643. The minimum Gasteiger partial charge on any atom is -0.309 e. The van der Waals surface area contributed by atoms with E-state index in [0.29, 0.717) is 39.3 Å². The Balaban J connectivity index is 1.45. The quantitative estimate of drug-likeness (QED) is 0.457. The third-order valence-electron chi connectivity index (χ3n) is 6.48. The van der Waals surface area contributed by atoms with E-state index in [0.717, 1.165) is 17.7 Å². The minimum absolute atomic E-state index is 0.178. The van der Waals surface area contributed by atoms with E-state index in [1.165, 1.54) is 42.9 Å². The van der Waals surface area contributed by atoms with Gasteiger partial charge in [-0.3, -0.25) is 14.2 Å². The van der Waals surface area contributed by atoms with Crippen molar-refractivity contribution in [1.29, 1.82) is 0 Å². The molecule has 2 aliphatic rings. The number of nitrogens with one attached hydrogen (secondary N) is 1. The second kappa shape index (κ2) is 9.85. The zero-order chi connectivity index (χ0) is 22.8. The van der Waals surface area contributed by atoms with Crippen molar-refractivity contribution in [3.8, 4) is 0 Å². The zero-order valence-electron chi connectivity index (χ0n) is 18.4. The Bertz CT molecular complexity index is 1200. The third-order valence-corrected chi connectivity index (χ3v) is 8.04. The molecule has 0 aliphatic heterocycles. The molecule has 1 N–H and O–H groups in total. The van der Waals surface area contributed by atoms with E-state index in [1.54, 1.807) is 18.5 Å². The number of amides is 1. The molecule has 2 aromatic heterocycles. The number of fused-ring (bicyclic) bond motifs is 1. The van der Waals surface area contributed by atoms with Gasteiger partial charge in [0.15, 0.2) is 0 Å². The molecule has 2 saturated carbocycles. The highest BCUT2D eigenvalue weighted by Crippen LogP contribution is 2.39. The molecule has 0 saturated heterocycles. The predicted octanol–water partition coefficient (Wildman–Crippen LogP) is 5.85. The molecule has 2 fully saturated rings. The lowest BCUT2D eigenvalue weighted by atomic mass is 9.84. The van der Waals surface area contributed by atoms with Crippen molar-refractivity contribution in [3.05, 3.63) is 58.2 Å². The fraction of sp³-hybridized carbons (Fsp3) is 0.440.